The molecule has 2 aromatic rings. The van der Waals surface area contributed by atoms with E-state index in [9.17, 15) is 9.59 Å². The van der Waals surface area contributed by atoms with E-state index in [2.05, 4.69) is 26.9 Å². The number of piperidine rings is 1. The first kappa shape index (κ1) is 21.8. The summed E-state index contributed by atoms with van der Waals surface area (Å²) in [5.74, 6) is -0.311. The largest absolute Gasteiger partial charge is 0.466 e. The van der Waals surface area contributed by atoms with Crippen LogP contribution in [0.4, 0.5) is 5.13 Å². The van der Waals surface area contributed by atoms with Crippen molar-refractivity contribution in [2.75, 3.05) is 57.3 Å². The highest BCUT2D eigenvalue weighted by molar-refractivity contribution is 7.17. The van der Waals surface area contributed by atoms with Crippen LogP contribution in [-0.2, 0) is 9.53 Å². The monoisotopic (exact) mass is 446 g/mol. The molecule has 0 N–H and O–H groups in total. The lowest BCUT2D eigenvalue weighted by Gasteiger charge is -2.33. The Balaban J connectivity index is 1.41. The van der Waals surface area contributed by atoms with Gasteiger partial charge in [-0.1, -0.05) is 18.3 Å². The second-order valence-electron chi connectivity index (χ2n) is 7.87. The molecule has 0 atom stereocenters. The molecule has 0 aromatic carbocycles. The second kappa shape index (κ2) is 9.78. The molecule has 0 aliphatic carbocycles. The Labute approximate surface area is 186 Å². The maximum atomic E-state index is 13.2. The van der Waals surface area contributed by atoms with E-state index in [0.29, 0.717) is 43.4 Å². The van der Waals surface area contributed by atoms with Crippen LogP contribution < -0.4 is 4.90 Å². The number of likely N-dealkylation sites (N-methyl/N-ethyl adjacent to an activating group) is 1. The Bertz CT molecular complexity index is 897. The molecule has 2 aliphatic rings. The molecule has 0 radical (unpaired) electrons. The molecule has 0 bridgehead atoms. The van der Waals surface area contributed by atoms with Crippen LogP contribution in [0.5, 0.6) is 0 Å². The quantitative estimate of drug-likeness (QED) is 0.627. The fourth-order valence-corrected chi connectivity index (χ4v) is 5.05. The van der Waals surface area contributed by atoms with Crippen molar-refractivity contribution in [3.63, 3.8) is 0 Å². The van der Waals surface area contributed by atoms with E-state index in [-0.39, 0.29) is 17.8 Å². The summed E-state index contributed by atoms with van der Waals surface area (Å²) < 4.78 is 6.95. The summed E-state index contributed by atoms with van der Waals surface area (Å²) in [5.41, 5.74) is 0.577. The van der Waals surface area contributed by atoms with Gasteiger partial charge in [-0.2, -0.15) is 0 Å². The van der Waals surface area contributed by atoms with Crippen molar-refractivity contribution in [1.82, 2.24) is 24.6 Å². The van der Waals surface area contributed by atoms with E-state index >= 15 is 0 Å². The molecule has 0 saturated carbocycles. The van der Waals surface area contributed by atoms with Gasteiger partial charge in [-0.15, -0.1) is 10.2 Å². The zero-order valence-corrected chi connectivity index (χ0v) is 19.0. The Kier molecular flexibility index (Phi) is 6.86. The average Bonchev–Trinajstić information content (AvgIpc) is 3.48. The van der Waals surface area contributed by atoms with Crippen molar-refractivity contribution in [2.45, 2.75) is 26.7 Å². The second-order valence-corrected chi connectivity index (χ2v) is 8.80. The summed E-state index contributed by atoms with van der Waals surface area (Å²) in [4.78, 5) is 31.6. The number of esters is 1. The Hall–Kier alpha value is -2.46. The smallest absolute Gasteiger partial charge is 0.309 e. The fourth-order valence-electron chi connectivity index (χ4n) is 4.15. The molecular formula is C21H30N6O3S. The minimum Gasteiger partial charge on any atom is -0.466 e. The molecule has 2 saturated heterocycles. The molecule has 4 rings (SSSR count). The summed E-state index contributed by atoms with van der Waals surface area (Å²) in [6.07, 6.45) is 3.13. The number of nitrogens with zero attached hydrogens (tertiary/aromatic N) is 6. The minimum atomic E-state index is -0.154. The Morgan fingerprint density at radius 1 is 1.06 bits per heavy atom. The molecule has 10 heteroatoms. The van der Waals surface area contributed by atoms with E-state index < -0.39 is 0 Å². The molecular weight excluding hydrogens is 416 g/mol. The maximum Gasteiger partial charge on any atom is 0.309 e. The lowest BCUT2D eigenvalue weighted by atomic mass is 9.97. The minimum absolute atomic E-state index is 0.0411. The number of rotatable bonds is 6. The van der Waals surface area contributed by atoms with Crippen LogP contribution in [0.2, 0.25) is 0 Å². The maximum absolute atomic E-state index is 13.2. The first-order valence-electron chi connectivity index (χ1n) is 11.0. The van der Waals surface area contributed by atoms with Crippen molar-refractivity contribution < 1.29 is 14.3 Å². The third-order valence-electron chi connectivity index (χ3n) is 6.07. The van der Waals surface area contributed by atoms with Gasteiger partial charge in [0.05, 0.1) is 12.5 Å². The van der Waals surface area contributed by atoms with Gasteiger partial charge in [0.25, 0.3) is 5.91 Å². The van der Waals surface area contributed by atoms with E-state index in [1.807, 2.05) is 34.7 Å². The third-order valence-corrected chi connectivity index (χ3v) is 7.05. The number of carbonyl (C=O) groups excluding carboxylic acids is 2. The van der Waals surface area contributed by atoms with Gasteiger partial charge in [0.1, 0.15) is 5.69 Å². The number of amides is 1. The number of piperazine rings is 1. The number of anilines is 1. The van der Waals surface area contributed by atoms with Crippen molar-refractivity contribution in [3.8, 4) is 5.13 Å². The number of hydrogen-bond donors (Lipinski definition) is 0. The number of hydrogen-bond acceptors (Lipinski definition) is 8. The Morgan fingerprint density at radius 3 is 2.45 bits per heavy atom. The first-order valence-corrected chi connectivity index (χ1v) is 11.9. The molecule has 2 aliphatic heterocycles. The van der Waals surface area contributed by atoms with Gasteiger partial charge in [-0.25, -0.2) is 0 Å². The van der Waals surface area contributed by atoms with Gasteiger partial charge in [0, 0.05) is 45.5 Å². The van der Waals surface area contributed by atoms with Crippen LogP contribution in [0, 0.1) is 5.92 Å². The molecule has 31 heavy (non-hydrogen) atoms. The highest BCUT2D eigenvalue weighted by Gasteiger charge is 2.30. The standard InChI is InChI=1S/C21H30N6O3S/c1-3-24-12-14-26(15-13-24)20-22-23-21(31-20)27-9-5-6-17(27)18(28)25-10-7-16(8-11-25)19(29)30-4-2/h5-6,9,16H,3-4,7-8,10-15H2,1-2H3. The van der Waals surface area contributed by atoms with Gasteiger partial charge < -0.3 is 19.4 Å². The SMILES string of the molecule is CCOC(=O)C1CCN(C(=O)c2cccn2-c2nnc(N3CCN(CC)CC3)s2)CC1. The third kappa shape index (κ3) is 4.74. The predicted molar refractivity (Wildman–Crippen MR) is 119 cm³/mol. The molecule has 4 heterocycles. The number of ether oxygens (including phenoxy) is 1. The van der Waals surface area contributed by atoms with Crippen molar-refractivity contribution in [2.24, 2.45) is 5.92 Å². The molecule has 2 fully saturated rings. The van der Waals surface area contributed by atoms with Gasteiger partial charge >= 0.3 is 5.97 Å². The van der Waals surface area contributed by atoms with E-state index in [1.165, 1.54) is 11.3 Å². The van der Waals surface area contributed by atoms with Gasteiger partial charge in [0.2, 0.25) is 10.3 Å². The Morgan fingerprint density at radius 2 is 1.77 bits per heavy atom. The molecule has 168 valence electrons. The highest BCUT2D eigenvalue weighted by atomic mass is 32.1. The van der Waals surface area contributed by atoms with Gasteiger partial charge in [-0.05, 0) is 38.4 Å². The number of likely N-dealkylation sites (tertiary alicyclic amines) is 1. The highest BCUT2D eigenvalue weighted by Crippen LogP contribution is 2.27. The lowest BCUT2D eigenvalue weighted by molar-refractivity contribution is -0.149. The molecule has 0 unspecified atom stereocenters. The molecule has 9 nitrogen and oxygen atoms in total. The van der Waals surface area contributed by atoms with Crippen LogP contribution in [0.1, 0.15) is 37.2 Å². The van der Waals surface area contributed by atoms with Crippen LogP contribution in [0.3, 0.4) is 0 Å². The summed E-state index contributed by atoms with van der Waals surface area (Å²) in [6, 6.07) is 3.68. The predicted octanol–water partition coefficient (Wildman–Crippen LogP) is 1.89. The lowest BCUT2D eigenvalue weighted by Crippen LogP contribution is -2.46. The number of aromatic nitrogens is 3. The van der Waals surface area contributed by atoms with Crippen molar-refractivity contribution in [1.29, 1.82) is 0 Å². The van der Waals surface area contributed by atoms with Crippen molar-refractivity contribution >= 4 is 28.3 Å². The zero-order chi connectivity index (χ0) is 21.8. The van der Waals surface area contributed by atoms with Crippen LogP contribution in [0.25, 0.3) is 5.13 Å². The zero-order valence-electron chi connectivity index (χ0n) is 18.2. The average molecular weight is 447 g/mol. The van der Waals surface area contributed by atoms with Crippen LogP contribution >= 0.6 is 11.3 Å². The van der Waals surface area contributed by atoms with Gasteiger partial charge in [-0.3, -0.25) is 14.2 Å². The first-order chi connectivity index (χ1) is 15.1. The van der Waals surface area contributed by atoms with Crippen molar-refractivity contribution in [3.05, 3.63) is 24.0 Å². The topological polar surface area (TPSA) is 83.8 Å². The normalized spacial score (nSPS) is 18.4. The summed E-state index contributed by atoms with van der Waals surface area (Å²) in [7, 11) is 0. The van der Waals surface area contributed by atoms with Gasteiger partial charge in [0.15, 0.2) is 0 Å². The van der Waals surface area contributed by atoms with E-state index in [0.717, 1.165) is 37.9 Å². The molecule has 1 amide bonds. The molecule has 2 aromatic heterocycles. The number of carbonyl (C=O) groups is 2. The fraction of sp³-hybridized carbons (Fsp3) is 0.619. The van der Waals surface area contributed by atoms with Crippen LogP contribution in [0.15, 0.2) is 18.3 Å². The van der Waals surface area contributed by atoms with E-state index in [4.69, 9.17) is 4.74 Å². The summed E-state index contributed by atoms with van der Waals surface area (Å²) in [6.45, 7) is 10.5. The van der Waals surface area contributed by atoms with E-state index in [1.54, 1.807) is 0 Å². The summed E-state index contributed by atoms with van der Waals surface area (Å²) >= 11 is 1.51. The van der Waals surface area contributed by atoms with Crippen LogP contribution in [-0.4, -0.2) is 88.9 Å². The summed E-state index contributed by atoms with van der Waals surface area (Å²) in [5, 5.41) is 10.3. The molecule has 0 spiro atoms.